The van der Waals surface area contributed by atoms with Crippen LogP contribution < -0.4 is 10.2 Å². The van der Waals surface area contributed by atoms with Crippen LogP contribution >= 0.6 is 27.3 Å². The maximum Gasteiger partial charge on any atom is 0.223 e. The fourth-order valence-electron chi connectivity index (χ4n) is 3.02. The molecular weight excluding hydrogens is 416 g/mol. The number of halogens is 1. The summed E-state index contributed by atoms with van der Waals surface area (Å²) in [6.07, 6.45) is 2.54. The van der Waals surface area contributed by atoms with Gasteiger partial charge in [0, 0.05) is 39.3 Å². The number of carbonyl (C=O) groups excluding carboxylic acids is 1. The van der Waals surface area contributed by atoms with E-state index in [1.54, 1.807) is 18.4 Å². The molecule has 1 aliphatic rings. The first kappa shape index (κ1) is 19.3. The number of carbonyl (C=O) groups is 1. The van der Waals surface area contributed by atoms with Crippen molar-refractivity contribution < 1.29 is 9.53 Å². The summed E-state index contributed by atoms with van der Waals surface area (Å²) < 4.78 is 6.08. The molecule has 1 fully saturated rings. The zero-order chi connectivity index (χ0) is 18.4. The molecule has 1 saturated heterocycles. The topological polar surface area (TPSA) is 67.3 Å². The number of amides is 1. The Balaban J connectivity index is 1.49. The highest BCUT2D eigenvalue weighted by Crippen LogP contribution is 2.30. The summed E-state index contributed by atoms with van der Waals surface area (Å²) in [6.45, 7) is 3.01. The Morgan fingerprint density at radius 1 is 1.31 bits per heavy atom. The summed E-state index contributed by atoms with van der Waals surface area (Å²) in [5.41, 5.74) is 0.884. The fourth-order valence-corrected chi connectivity index (χ4v) is 4.37. The highest BCUT2D eigenvalue weighted by Gasteiger charge is 2.25. The molecule has 2 aromatic rings. The maximum absolute atomic E-state index is 12.2. The first-order valence-electron chi connectivity index (χ1n) is 8.78. The third-order valence-electron chi connectivity index (χ3n) is 4.49. The van der Waals surface area contributed by atoms with E-state index in [9.17, 15) is 4.79 Å². The average molecular weight is 439 g/mol. The third kappa shape index (κ3) is 5.02. The number of anilines is 1. The van der Waals surface area contributed by atoms with Crippen molar-refractivity contribution in [3.05, 3.63) is 28.1 Å². The fraction of sp³-hybridized carbons (Fsp3) is 0.500. The molecule has 0 bridgehead atoms. The third-order valence-corrected chi connectivity index (χ3v) is 6.14. The van der Waals surface area contributed by atoms with Gasteiger partial charge in [0.15, 0.2) is 5.82 Å². The van der Waals surface area contributed by atoms with Gasteiger partial charge in [-0.25, -0.2) is 0 Å². The summed E-state index contributed by atoms with van der Waals surface area (Å²) >= 11 is 5.11. The largest absolute Gasteiger partial charge is 0.385 e. The predicted octanol–water partition coefficient (Wildman–Crippen LogP) is 3.34. The zero-order valence-electron chi connectivity index (χ0n) is 14.8. The van der Waals surface area contributed by atoms with Crippen molar-refractivity contribution >= 4 is 39.0 Å². The molecule has 0 unspecified atom stereocenters. The molecule has 6 nitrogen and oxygen atoms in total. The van der Waals surface area contributed by atoms with Crippen molar-refractivity contribution in [1.29, 1.82) is 0 Å². The van der Waals surface area contributed by atoms with Gasteiger partial charge in [0.2, 0.25) is 5.91 Å². The van der Waals surface area contributed by atoms with Crippen molar-refractivity contribution in [2.24, 2.45) is 5.92 Å². The summed E-state index contributed by atoms with van der Waals surface area (Å²) in [5.74, 6) is 1.12. The van der Waals surface area contributed by atoms with Crippen LogP contribution in [0.1, 0.15) is 19.3 Å². The normalized spacial score (nSPS) is 15.2. The molecule has 8 heteroatoms. The summed E-state index contributed by atoms with van der Waals surface area (Å²) in [5, 5.41) is 11.7. The molecule has 3 heterocycles. The van der Waals surface area contributed by atoms with Gasteiger partial charge in [-0.1, -0.05) is 0 Å². The van der Waals surface area contributed by atoms with Gasteiger partial charge in [-0.15, -0.1) is 21.5 Å². The Morgan fingerprint density at radius 3 is 2.73 bits per heavy atom. The number of nitrogens with zero attached hydrogens (tertiary/aromatic N) is 3. The number of hydrogen-bond donors (Lipinski definition) is 1. The predicted molar refractivity (Wildman–Crippen MR) is 107 cm³/mol. The quantitative estimate of drug-likeness (QED) is 0.671. The number of methoxy groups -OCH3 is 1. The molecule has 1 aliphatic heterocycles. The molecule has 140 valence electrons. The van der Waals surface area contributed by atoms with Gasteiger partial charge in [0.25, 0.3) is 0 Å². The molecule has 0 saturated carbocycles. The number of aromatic nitrogens is 2. The smallest absolute Gasteiger partial charge is 0.223 e. The van der Waals surface area contributed by atoms with Crippen molar-refractivity contribution in [1.82, 2.24) is 15.5 Å². The van der Waals surface area contributed by atoms with E-state index < -0.39 is 0 Å². The monoisotopic (exact) mass is 438 g/mol. The number of hydrogen-bond acceptors (Lipinski definition) is 6. The van der Waals surface area contributed by atoms with Crippen LogP contribution in [0.3, 0.4) is 0 Å². The van der Waals surface area contributed by atoms with Crippen LogP contribution in [0.5, 0.6) is 0 Å². The van der Waals surface area contributed by atoms with Gasteiger partial charge in [0.1, 0.15) is 5.69 Å². The first-order chi connectivity index (χ1) is 12.7. The average Bonchev–Trinajstić information content (AvgIpc) is 3.12. The lowest BCUT2D eigenvalue weighted by atomic mass is 9.96. The summed E-state index contributed by atoms with van der Waals surface area (Å²) in [4.78, 5) is 15.5. The van der Waals surface area contributed by atoms with Crippen LogP contribution in [0.15, 0.2) is 28.1 Å². The van der Waals surface area contributed by atoms with Crippen molar-refractivity contribution in [3.8, 4) is 10.6 Å². The molecule has 0 aromatic carbocycles. The second-order valence-corrected chi connectivity index (χ2v) is 8.74. The van der Waals surface area contributed by atoms with Crippen molar-refractivity contribution in [3.63, 3.8) is 0 Å². The molecule has 0 radical (unpaired) electrons. The highest BCUT2D eigenvalue weighted by atomic mass is 79.9. The van der Waals surface area contributed by atoms with Crippen LogP contribution in [0.2, 0.25) is 0 Å². The number of piperidine rings is 1. The molecule has 1 N–H and O–H groups in total. The standard InChI is InChI=1S/C18H23BrN4O2S/c1-25-12-2-9-20-18(24)13-7-10-23(11-8-13)17-6-3-14(21-22-17)15-4-5-16(19)26-15/h3-6,13H,2,7-12H2,1H3,(H,20,24). The lowest BCUT2D eigenvalue weighted by Gasteiger charge is -2.31. The lowest BCUT2D eigenvalue weighted by Crippen LogP contribution is -2.41. The number of rotatable bonds is 7. The van der Waals surface area contributed by atoms with Gasteiger partial charge in [-0.2, -0.15) is 0 Å². The maximum atomic E-state index is 12.2. The van der Waals surface area contributed by atoms with Gasteiger partial charge in [0.05, 0.1) is 8.66 Å². The van der Waals surface area contributed by atoms with Crippen LogP contribution in [0, 0.1) is 5.92 Å². The molecule has 1 amide bonds. The minimum atomic E-state index is 0.0875. The minimum Gasteiger partial charge on any atom is -0.385 e. The highest BCUT2D eigenvalue weighted by molar-refractivity contribution is 9.11. The van der Waals surface area contributed by atoms with E-state index in [2.05, 4.69) is 36.3 Å². The Labute approximate surface area is 166 Å². The zero-order valence-corrected chi connectivity index (χ0v) is 17.2. The summed E-state index contributed by atoms with van der Waals surface area (Å²) in [7, 11) is 1.67. The van der Waals surface area contributed by atoms with E-state index in [4.69, 9.17) is 4.74 Å². The van der Waals surface area contributed by atoms with E-state index in [1.807, 2.05) is 24.3 Å². The van der Waals surface area contributed by atoms with Crippen LogP contribution in [-0.4, -0.2) is 49.5 Å². The molecule has 2 aromatic heterocycles. The van der Waals surface area contributed by atoms with E-state index in [-0.39, 0.29) is 11.8 Å². The number of nitrogens with one attached hydrogen (secondary N) is 1. The van der Waals surface area contributed by atoms with E-state index in [1.165, 1.54) is 0 Å². The molecule has 0 atom stereocenters. The van der Waals surface area contributed by atoms with Crippen molar-refractivity contribution in [2.45, 2.75) is 19.3 Å². The molecular formula is C18H23BrN4O2S. The summed E-state index contributed by atoms with van der Waals surface area (Å²) in [6, 6.07) is 8.08. The van der Waals surface area contributed by atoms with Crippen molar-refractivity contribution in [2.75, 3.05) is 38.3 Å². The van der Waals surface area contributed by atoms with Crippen LogP contribution in [0.4, 0.5) is 5.82 Å². The number of ether oxygens (including phenoxy) is 1. The van der Waals surface area contributed by atoms with Gasteiger partial charge in [-0.3, -0.25) is 4.79 Å². The Morgan fingerprint density at radius 2 is 2.12 bits per heavy atom. The van der Waals surface area contributed by atoms with E-state index in [0.29, 0.717) is 13.2 Å². The van der Waals surface area contributed by atoms with Gasteiger partial charge in [-0.05, 0) is 59.5 Å². The van der Waals surface area contributed by atoms with Crippen LogP contribution in [0.25, 0.3) is 10.6 Å². The van der Waals surface area contributed by atoms with Gasteiger partial charge >= 0.3 is 0 Å². The first-order valence-corrected chi connectivity index (χ1v) is 10.4. The SMILES string of the molecule is COCCCNC(=O)C1CCN(c2ccc(-c3ccc(Br)s3)nn2)CC1. The molecule has 0 aliphatic carbocycles. The Bertz CT molecular complexity index is 714. The van der Waals surface area contributed by atoms with Gasteiger partial charge < -0.3 is 15.0 Å². The Kier molecular flexibility index (Phi) is 6.99. The Hall–Kier alpha value is -1.51. The second kappa shape index (κ2) is 9.43. The lowest BCUT2D eigenvalue weighted by molar-refractivity contribution is -0.125. The van der Waals surface area contributed by atoms with E-state index >= 15 is 0 Å². The molecule has 0 spiro atoms. The molecule has 26 heavy (non-hydrogen) atoms. The molecule has 3 rings (SSSR count). The minimum absolute atomic E-state index is 0.0875. The van der Waals surface area contributed by atoms with E-state index in [0.717, 1.165) is 52.5 Å². The van der Waals surface area contributed by atoms with Crippen LogP contribution in [-0.2, 0) is 9.53 Å². The number of thiophene rings is 1. The second-order valence-electron chi connectivity index (χ2n) is 6.28.